The largest absolute Gasteiger partial charge is 0.472 e. The molecule has 21 nitrogen and oxygen atoms in total. The standard InChI is InChI=1S/C21H24BFN10O11P2/c22-45(36)39-2-8-7(1-34)13(20(41-8)33-6-29-12-17(33)30-21(25)31-18(12)35)44-46(37,38)40-3-9-14(43-45)10(23)19(42-9)32-5-28-11-15(24)26-4-27-16(11)32/h4-10,13-14,19-20,34H,1-3H2,(H,37,38)(H2,24,26,27)(H3,25,30,31,35)/t7-,8-,9-,10-,13-,14-,19-,20-,45-/m1/s1. The Labute approximate surface area is 256 Å². The summed E-state index contributed by atoms with van der Waals surface area (Å²) in [7, 11) is -3.86. The number of hydrogen-bond acceptors (Lipinski definition) is 17. The third kappa shape index (κ3) is 5.41. The number of aliphatic hydroxyl groups excluding tert-OH is 1. The number of nitrogen functional groups attached to an aromatic ring is 2. The maximum Gasteiger partial charge on any atom is 0.472 e. The van der Waals surface area contributed by atoms with Crippen molar-refractivity contribution in [3.63, 3.8) is 0 Å². The molecule has 0 aliphatic carbocycles. The Hall–Kier alpha value is -3.37. The molecule has 1 unspecified atom stereocenters. The highest BCUT2D eigenvalue weighted by atomic mass is 31.2. The Morgan fingerprint density at radius 2 is 1.67 bits per heavy atom. The Morgan fingerprint density at radius 1 is 0.978 bits per heavy atom. The summed E-state index contributed by atoms with van der Waals surface area (Å²) >= 11 is 0. The number of aromatic nitrogens is 8. The van der Waals surface area contributed by atoms with Crippen molar-refractivity contribution < 1.29 is 51.1 Å². The molecule has 244 valence electrons. The van der Waals surface area contributed by atoms with Crippen molar-refractivity contribution in [1.29, 1.82) is 0 Å². The molecule has 10 atom stereocenters. The van der Waals surface area contributed by atoms with Gasteiger partial charge in [0.05, 0.1) is 38.6 Å². The molecule has 7 N–H and O–H groups in total. The van der Waals surface area contributed by atoms with Crippen LogP contribution in [-0.4, -0.2) is 107 Å². The molecule has 0 spiro atoms. The minimum absolute atomic E-state index is 0.0172. The molecule has 3 fully saturated rings. The number of aliphatic hydroxyl groups is 1. The quantitative estimate of drug-likeness (QED) is 0.128. The van der Waals surface area contributed by atoms with Crippen molar-refractivity contribution in [2.24, 2.45) is 5.92 Å². The minimum Gasteiger partial charge on any atom is -0.396 e. The Morgan fingerprint density at radius 3 is 2.43 bits per heavy atom. The van der Waals surface area contributed by atoms with E-state index in [4.69, 9.17) is 46.6 Å². The van der Waals surface area contributed by atoms with Crippen LogP contribution in [0.4, 0.5) is 16.2 Å². The van der Waals surface area contributed by atoms with Gasteiger partial charge in [-0.1, -0.05) is 0 Å². The molecule has 2 bridgehead atoms. The lowest BCUT2D eigenvalue weighted by Crippen LogP contribution is -2.34. The van der Waals surface area contributed by atoms with Crippen molar-refractivity contribution in [3.05, 3.63) is 29.3 Å². The average molecular weight is 684 g/mol. The number of ether oxygens (including phenoxy) is 2. The van der Waals surface area contributed by atoms with E-state index in [9.17, 15) is 23.9 Å². The van der Waals surface area contributed by atoms with Gasteiger partial charge in [0.15, 0.2) is 41.3 Å². The molecule has 0 amide bonds. The van der Waals surface area contributed by atoms with E-state index >= 15 is 4.39 Å². The summed E-state index contributed by atoms with van der Waals surface area (Å²) in [6.45, 7) is -2.18. The Kier molecular flexibility index (Phi) is 7.75. The van der Waals surface area contributed by atoms with Gasteiger partial charge in [-0.05, 0) is 0 Å². The third-order valence-corrected chi connectivity index (χ3v) is 9.73. The number of alkyl halides is 1. The molecule has 0 aromatic carbocycles. The van der Waals surface area contributed by atoms with Crippen LogP contribution in [0.3, 0.4) is 0 Å². The smallest absolute Gasteiger partial charge is 0.396 e. The Bertz CT molecular complexity index is 1960. The second-order valence-electron chi connectivity index (χ2n) is 10.5. The molecule has 7 rings (SSSR count). The number of fused-ring (bicyclic) bond motifs is 5. The van der Waals surface area contributed by atoms with Gasteiger partial charge in [-0.2, -0.15) is 4.98 Å². The van der Waals surface area contributed by atoms with Crippen LogP contribution in [-0.2, 0) is 36.7 Å². The fourth-order valence-electron chi connectivity index (χ4n) is 5.61. The first-order valence-corrected chi connectivity index (χ1v) is 16.5. The molecular weight excluding hydrogens is 660 g/mol. The van der Waals surface area contributed by atoms with E-state index in [1.54, 1.807) is 0 Å². The predicted octanol–water partition coefficient (Wildman–Crippen LogP) is -0.940. The fraction of sp³-hybridized carbons (Fsp3) is 0.524. The molecule has 3 aliphatic heterocycles. The van der Waals surface area contributed by atoms with Crippen molar-refractivity contribution in [2.75, 3.05) is 31.3 Å². The zero-order valence-corrected chi connectivity index (χ0v) is 25.0. The number of H-pyrrole nitrogens is 1. The van der Waals surface area contributed by atoms with Crippen LogP contribution in [0.25, 0.3) is 22.3 Å². The third-order valence-electron chi connectivity index (χ3n) is 7.70. The van der Waals surface area contributed by atoms with Crippen molar-refractivity contribution in [3.8, 4) is 0 Å². The van der Waals surface area contributed by atoms with E-state index < -0.39 is 89.6 Å². The maximum atomic E-state index is 16.0. The van der Waals surface area contributed by atoms with Crippen LogP contribution in [0.5, 0.6) is 0 Å². The van der Waals surface area contributed by atoms with Gasteiger partial charge in [0.25, 0.3) is 13.0 Å². The normalized spacial score (nSPS) is 37.1. The first-order chi connectivity index (χ1) is 21.9. The number of imidazole rings is 2. The van der Waals surface area contributed by atoms with Crippen LogP contribution >= 0.6 is 15.3 Å². The lowest BCUT2D eigenvalue weighted by molar-refractivity contribution is -0.0630. The lowest BCUT2D eigenvalue weighted by Gasteiger charge is -2.26. The number of nitrogens with one attached hydrogen (secondary N) is 1. The van der Waals surface area contributed by atoms with Gasteiger partial charge < -0.3 is 40.0 Å². The zero-order valence-electron chi connectivity index (χ0n) is 23.2. The van der Waals surface area contributed by atoms with Crippen LogP contribution in [0.1, 0.15) is 12.5 Å². The summed E-state index contributed by atoms with van der Waals surface area (Å²) in [5.74, 6) is -1.38. The number of phosphoric acid groups is 1. The highest BCUT2D eigenvalue weighted by molar-refractivity contribution is 7.79. The maximum absolute atomic E-state index is 16.0. The summed E-state index contributed by atoms with van der Waals surface area (Å²) in [6, 6.07) is 0. The summed E-state index contributed by atoms with van der Waals surface area (Å²) in [6.07, 6.45) is -7.53. The zero-order chi connectivity index (χ0) is 32.5. The summed E-state index contributed by atoms with van der Waals surface area (Å²) in [4.78, 5) is 45.5. The van der Waals surface area contributed by atoms with Crippen LogP contribution < -0.4 is 17.0 Å². The molecule has 4 aromatic rings. The fourth-order valence-corrected chi connectivity index (χ4v) is 7.58. The first-order valence-electron chi connectivity index (χ1n) is 13.4. The van der Waals surface area contributed by atoms with Crippen molar-refractivity contribution >= 4 is 57.0 Å². The number of phosphoric ester groups is 1. The van der Waals surface area contributed by atoms with Gasteiger partial charge in [-0.25, -0.2) is 28.9 Å². The van der Waals surface area contributed by atoms with Gasteiger partial charge in [-0.3, -0.25) is 32.5 Å². The van der Waals surface area contributed by atoms with E-state index in [0.29, 0.717) is 0 Å². The van der Waals surface area contributed by atoms with E-state index in [1.807, 2.05) is 0 Å². The highest BCUT2D eigenvalue weighted by Crippen LogP contribution is 2.54. The molecule has 0 saturated carbocycles. The number of halogens is 1. The summed E-state index contributed by atoms with van der Waals surface area (Å²) < 4.78 is 78.3. The molecule has 3 saturated heterocycles. The Balaban J connectivity index is 1.22. The summed E-state index contributed by atoms with van der Waals surface area (Å²) in [5.41, 5.74) is 10.9. The minimum atomic E-state index is -5.09. The van der Waals surface area contributed by atoms with Gasteiger partial charge >= 0.3 is 7.82 Å². The lowest BCUT2D eigenvalue weighted by atomic mass is 9.99. The number of rotatable bonds is 3. The SMILES string of the molecule is [B][P@@]1(=O)OC[C@H]2O[C@@H](n3cnc4c(=O)[nH]c(N)nc43)[C@H](OP(=O)(O)OC[C@H]3O[C@@H](n4cnc5c(N)ncnc54)[C@H](F)[C@@H]3O1)[C@@H]2CO. The molecule has 25 heteroatoms. The molecule has 4 aromatic heterocycles. The van der Waals surface area contributed by atoms with Crippen LogP contribution in [0.2, 0.25) is 0 Å². The topological polar surface area (TPSA) is 289 Å². The van der Waals surface area contributed by atoms with Gasteiger partial charge in [0.2, 0.25) is 13.5 Å². The number of nitrogens with two attached hydrogens (primary N) is 2. The van der Waals surface area contributed by atoms with E-state index in [2.05, 4.69) is 29.9 Å². The molecule has 7 heterocycles. The predicted molar refractivity (Wildman–Crippen MR) is 150 cm³/mol. The van der Waals surface area contributed by atoms with Gasteiger partial charge in [0.1, 0.15) is 30.2 Å². The van der Waals surface area contributed by atoms with Crippen LogP contribution in [0.15, 0.2) is 23.8 Å². The second-order valence-corrected chi connectivity index (χ2v) is 13.5. The number of nitrogens with zero attached hydrogens (tertiary/aromatic N) is 7. The van der Waals surface area contributed by atoms with Gasteiger partial charge in [0, 0.05) is 5.92 Å². The first kappa shape index (κ1) is 31.2. The van der Waals surface area contributed by atoms with Gasteiger partial charge in [-0.15, -0.1) is 0 Å². The number of aromatic amines is 1. The van der Waals surface area contributed by atoms with Crippen molar-refractivity contribution in [2.45, 2.75) is 43.0 Å². The monoisotopic (exact) mass is 684 g/mol. The highest BCUT2D eigenvalue weighted by Gasteiger charge is 2.54. The van der Waals surface area contributed by atoms with E-state index in [0.717, 1.165) is 12.7 Å². The molecule has 3 aliphatic rings. The van der Waals surface area contributed by atoms with E-state index in [1.165, 1.54) is 15.5 Å². The molecular formula is C21H24BFN10O11P2. The molecule has 2 radical (unpaired) electrons. The summed E-state index contributed by atoms with van der Waals surface area (Å²) in [5, 5.41) is 10.3. The van der Waals surface area contributed by atoms with Crippen molar-refractivity contribution in [1.82, 2.24) is 39.0 Å². The van der Waals surface area contributed by atoms with Crippen LogP contribution in [0, 0.1) is 5.92 Å². The number of anilines is 2. The van der Waals surface area contributed by atoms with E-state index in [-0.39, 0.29) is 34.1 Å². The number of hydrogen-bond donors (Lipinski definition) is 5. The average Bonchev–Trinajstić information content (AvgIpc) is 3.75. The second kappa shape index (κ2) is 11.4. The molecule has 46 heavy (non-hydrogen) atoms.